The first kappa shape index (κ1) is 28.1. The fourth-order valence-electron chi connectivity index (χ4n) is 7.27. The van der Waals surface area contributed by atoms with Crippen LogP contribution in [0.15, 0.2) is 139 Å². The Kier molecular flexibility index (Phi) is 6.24. The zero-order valence-corrected chi connectivity index (χ0v) is 26.6. The first-order valence-corrected chi connectivity index (χ1v) is 16.2. The molecule has 0 amide bonds. The molecule has 5 heteroatoms. The quantitative estimate of drug-likeness (QED) is 0.193. The Morgan fingerprint density at radius 3 is 2.06 bits per heavy atom. The van der Waals surface area contributed by atoms with E-state index in [-0.39, 0.29) is 5.41 Å². The Labute approximate surface area is 278 Å². The van der Waals surface area contributed by atoms with Gasteiger partial charge in [0.05, 0.1) is 33.8 Å². The van der Waals surface area contributed by atoms with Crippen molar-refractivity contribution < 1.29 is 0 Å². The van der Waals surface area contributed by atoms with Crippen molar-refractivity contribution in [3.8, 4) is 33.6 Å². The summed E-state index contributed by atoms with van der Waals surface area (Å²) < 4.78 is 0. The molecule has 1 heterocycles. The largest absolute Gasteiger partial charge is 0.298 e. The van der Waals surface area contributed by atoms with Crippen molar-refractivity contribution in [2.45, 2.75) is 19.3 Å². The number of hydrogen-bond acceptors (Lipinski definition) is 5. The number of hydrogen-bond donors (Lipinski definition) is 2. The highest BCUT2D eigenvalue weighted by Crippen LogP contribution is 2.50. The van der Waals surface area contributed by atoms with Crippen molar-refractivity contribution in [3.63, 3.8) is 0 Å². The van der Waals surface area contributed by atoms with Crippen LogP contribution >= 0.6 is 0 Å². The smallest absolute Gasteiger partial charge is 0.109 e. The highest BCUT2D eigenvalue weighted by molar-refractivity contribution is 6.55. The standard InChI is InChI=1S/C43H31N5/c1-43(2)34-13-7-6-12-31(34)32-22-20-29(25-35(32)43)42-41(45-36-14-8-9-15-37(36)46-42)28-19-17-26-16-18-27-21-23-38(40(44)39(27)33(26)24-28)48-47-30-10-4-3-5-11-30/h3-25,44,47H,1-2H3/b44-40?,48-38-. The number of aromatic nitrogens is 2. The summed E-state index contributed by atoms with van der Waals surface area (Å²) in [6, 6.07) is 43.9. The summed E-state index contributed by atoms with van der Waals surface area (Å²) in [7, 11) is 0. The third-order valence-electron chi connectivity index (χ3n) is 9.76. The lowest BCUT2D eigenvalue weighted by atomic mass is 9.81. The molecule has 9 rings (SSSR count). The molecule has 0 fully saturated rings. The van der Waals surface area contributed by atoms with E-state index in [9.17, 15) is 5.41 Å². The minimum absolute atomic E-state index is 0.128. The summed E-state index contributed by atoms with van der Waals surface area (Å²) in [5.41, 5.74) is 17.2. The number of nitrogens with one attached hydrogen (secondary N) is 2. The maximum Gasteiger partial charge on any atom is 0.109 e. The zero-order valence-electron chi connectivity index (χ0n) is 26.6. The third-order valence-corrected chi connectivity index (χ3v) is 9.76. The lowest BCUT2D eigenvalue weighted by molar-refractivity contribution is 0.660. The summed E-state index contributed by atoms with van der Waals surface area (Å²) in [6.07, 6.45) is 3.94. The number of para-hydroxylation sites is 3. The molecular weight excluding hydrogens is 587 g/mol. The van der Waals surface area contributed by atoms with Crippen LogP contribution in [-0.2, 0) is 5.41 Å². The fraction of sp³-hybridized carbons (Fsp3) is 0.0698. The van der Waals surface area contributed by atoms with E-state index in [0.29, 0.717) is 11.4 Å². The van der Waals surface area contributed by atoms with E-state index in [0.717, 1.165) is 61.1 Å². The summed E-state index contributed by atoms with van der Waals surface area (Å²) >= 11 is 0. The van der Waals surface area contributed by atoms with Gasteiger partial charge in [-0.2, -0.15) is 5.10 Å². The summed E-state index contributed by atoms with van der Waals surface area (Å²) in [5.74, 6) is 0. The van der Waals surface area contributed by atoms with Gasteiger partial charge < -0.3 is 0 Å². The number of benzene rings is 6. The van der Waals surface area contributed by atoms with Crippen LogP contribution in [0.1, 0.15) is 36.1 Å². The first-order valence-electron chi connectivity index (χ1n) is 16.2. The molecule has 0 unspecified atom stereocenters. The van der Waals surface area contributed by atoms with Crippen molar-refractivity contribution in [3.05, 3.63) is 156 Å². The molecule has 48 heavy (non-hydrogen) atoms. The molecule has 0 radical (unpaired) electrons. The van der Waals surface area contributed by atoms with Crippen LogP contribution in [0, 0.1) is 5.41 Å². The molecule has 5 nitrogen and oxygen atoms in total. The number of allylic oxidation sites excluding steroid dienone is 1. The van der Waals surface area contributed by atoms with Crippen molar-refractivity contribution in [2.24, 2.45) is 5.10 Å². The first-order chi connectivity index (χ1) is 23.5. The van der Waals surface area contributed by atoms with Crippen LogP contribution in [0.2, 0.25) is 0 Å². The van der Waals surface area contributed by atoms with Gasteiger partial charge in [-0.25, -0.2) is 9.97 Å². The molecule has 0 saturated carbocycles. The second-order valence-corrected chi connectivity index (χ2v) is 13.0. The predicted molar refractivity (Wildman–Crippen MR) is 199 cm³/mol. The van der Waals surface area contributed by atoms with Crippen LogP contribution in [0.5, 0.6) is 0 Å². The molecule has 6 aromatic carbocycles. The molecule has 1 aromatic heterocycles. The van der Waals surface area contributed by atoms with Crippen molar-refractivity contribution in [1.29, 1.82) is 5.41 Å². The molecule has 0 spiro atoms. The Morgan fingerprint density at radius 1 is 0.625 bits per heavy atom. The highest BCUT2D eigenvalue weighted by atomic mass is 15.3. The van der Waals surface area contributed by atoms with Crippen LogP contribution in [0.4, 0.5) is 5.69 Å². The van der Waals surface area contributed by atoms with E-state index in [4.69, 9.17) is 9.97 Å². The molecule has 7 aromatic rings. The van der Waals surface area contributed by atoms with E-state index in [1.54, 1.807) is 0 Å². The van der Waals surface area contributed by atoms with Crippen LogP contribution in [-0.4, -0.2) is 21.4 Å². The molecule has 0 atom stereocenters. The molecule has 228 valence electrons. The van der Waals surface area contributed by atoms with Gasteiger partial charge in [0, 0.05) is 22.1 Å². The SMILES string of the molecule is CC1(C)c2ccccc2-c2ccc(-c3nc4ccccc4nc3-c3ccc4ccc5c(c4c3)C(=N)/C(=N\Nc3ccccc3)C=C5)cc21. The van der Waals surface area contributed by atoms with Crippen LogP contribution in [0.25, 0.3) is 61.5 Å². The van der Waals surface area contributed by atoms with E-state index in [2.05, 4.69) is 97.2 Å². The van der Waals surface area contributed by atoms with Gasteiger partial charge in [0.1, 0.15) is 5.71 Å². The molecule has 0 bridgehead atoms. The Morgan fingerprint density at radius 2 is 1.27 bits per heavy atom. The Bertz CT molecular complexity index is 2520. The van der Waals surface area contributed by atoms with Gasteiger partial charge in [-0.1, -0.05) is 111 Å². The summed E-state index contributed by atoms with van der Waals surface area (Å²) in [5, 5.41) is 15.9. The maximum absolute atomic E-state index is 9.25. The predicted octanol–water partition coefficient (Wildman–Crippen LogP) is 10.3. The number of nitrogens with zero attached hydrogens (tertiary/aromatic N) is 3. The fourth-order valence-corrected chi connectivity index (χ4v) is 7.27. The zero-order chi connectivity index (χ0) is 32.4. The van der Waals surface area contributed by atoms with Crippen molar-refractivity contribution in [2.75, 3.05) is 5.43 Å². The van der Waals surface area contributed by atoms with E-state index in [1.165, 1.54) is 22.3 Å². The van der Waals surface area contributed by atoms with Gasteiger partial charge in [0.25, 0.3) is 0 Å². The Balaban J connectivity index is 1.20. The van der Waals surface area contributed by atoms with Crippen LogP contribution < -0.4 is 5.43 Å². The van der Waals surface area contributed by atoms with Crippen molar-refractivity contribution in [1.82, 2.24) is 9.97 Å². The molecule has 2 aliphatic rings. The molecule has 0 saturated heterocycles. The van der Waals surface area contributed by atoms with E-state index in [1.807, 2.05) is 66.7 Å². The van der Waals surface area contributed by atoms with Gasteiger partial charge in [0.15, 0.2) is 0 Å². The second-order valence-electron chi connectivity index (χ2n) is 13.0. The minimum atomic E-state index is -0.128. The summed E-state index contributed by atoms with van der Waals surface area (Å²) in [4.78, 5) is 10.5. The average molecular weight is 618 g/mol. The van der Waals surface area contributed by atoms with E-state index >= 15 is 0 Å². The highest BCUT2D eigenvalue weighted by Gasteiger charge is 2.35. The second kappa shape index (κ2) is 10.7. The lowest BCUT2D eigenvalue weighted by Gasteiger charge is -2.22. The number of hydrazone groups is 1. The van der Waals surface area contributed by atoms with Gasteiger partial charge in [-0.3, -0.25) is 10.8 Å². The molecule has 2 aliphatic carbocycles. The molecule has 0 aliphatic heterocycles. The average Bonchev–Trinajstić information content (AvgIpc) is 3.36. The van der Waals surface area contributed by atoms with Gasteiger partial charge in [-0.05, 0) is 81.1 Å². The molecule has 2 N–H and O–H groups in total. The lowest BCUT2D eigenvalue weighted by Crippen LogP contribution is -2.18. The topological polar surface area (TPSA) is 74.0 Å². The van der Waals surface area contributed by atoms with Crippen LogP contribution in [0.3, 0.4) is 0 Å². The van der Waals surface area contributed by atoms with E-state index < -0.39 is 0 Å². The normalized spacial score (nSPS) is 15.0. The van der Waals surface area contributed by atoms with Gasteiger partial charge in [-0.15, -0.1) is 0 Å². The van der Waals surface area contributed by atoms with Gasteiger partial charge in [0.2, 0.25) is 0 Å². The third kappa shape index (κ3) is 4.39. The number of anilines is 1. The maximum atomic E-state index is 9.25. The summed E-state index contributed by atoms with van der Waals surface area (Å²) in [6.45, 7) is 4.61. The molecular formula is C43H31N5. The van der Waals surface area contributed by atoms with Crippen molar-refractivity contribution >= 4 is 45.0 Å². The monoisotopic (exact) mass is 617 g/mol. The Hall–Kier alpha value is -6.20. The number of rotatable bonds is 4. The number of fused-ring (bicyclic) bond motifs is 7. The minimum Gasteiger partial charge on any atom is -0.298 e. The van der Waals surface area contributed by atoms with Gasteiger partial charge >= 0.3 is 0 Å².